The van der Waals surface area contributed by atoms with Crippen molar-refractivity contribution in [3.05, 3.63) is 30.1 Å². The number of hydrogen-bond acceptors (Lipinski definition) is 3. The Morgan fingerprint density at radius 3 is 2.83 bits per heavy atom. The van der Waals surface area contributed by atoms with Crippen molar-refractivity contribution in [1.82, 2.24) is 9.62 Å². The molecule has 0 spiro atoms. The Morgan fingerprint density at radius 1 is 1.44 bits per heavy atom. The molecule has 0 aromatic heterocycles. The standard InChI is InChI=1S/C12H17FN2O2S/c1-14-9-10-5-4-8-15(10)18(16,17)12-7-3-2-6-11(12)13/h2-3,6-7,10,14H,4-5,8-9H2,1H3. The summed E-state index contributed by atoms with van der Waals surface area (Å²) >= 11 is 0. The zero-order chi connectivity index (χ0) is 13.2. The van der Waals surface area contributed by atoms with Crippen LogP contribution in [0.4, 0.5) is 4.39 Å². The molecule has 1 N–H and O–H groups in total. The van der Waals surface area contributed by atoms with E-state index in [-0.39, 0.29) is 10.9 Å². The first kappa shape index (κ1) is 13.5. The van der Waals surface area contributed by atoms with Crippen molar-refractivity contribution in [3.63, 3.8) is 0 Å². The van der Waals surface area contributed by atoms with Crippen LogP contribution in [-0.2, 0) is 10.0 Å². The van der Waals surface area contributed by atoms with Gasteiger partial charge in [-0.2, -0.15) is 4.31 Å². The SMILES string of the molecule is CNCC1CCCN1S(=O)(=O)c1ccccc1F. The molecule has 1 atom stereocenters. The van der Waals surface area contributed by atoms with E-state index in [2.05, 4.69) is 5.32 Å². The van der Waals surface area contributed by atoms with Gasteiger partial charge in [0.05, 0.1) is 0 Å². The van der Waals surface area contributed by atoms with Gasteiger partial charge in [0.2, 0.25) is 10.0 Å². The fourth-order valence-electron chi connectivity index (χ4n) is 2.35. The van der Waals surface area contributed by atoms with E-state index >= 15 is 0 Å². The Kier molecular flexibility index (Phi) is 3.99. The molecule has 1 aliphatic rings. The van der Waals surface area contributed by atoms with Crippen molar-refractivity contribution in [1.29, 1.82) is 0 Å². The largest absolute Gasteiger partial charge is 0.318 e. The van der Waals surface area contributed by atoms with Crippen LogP contribution in [-0.4, -0.2) is 38.9 Å². The van der Waals surface area contributed by atoms with Crippen LogP contribution < -0.4 is 5.32 Å². The lowest BCUT2D eigenvalue weighted by Crippen LogP contribution is -2.41. The Morgan fingerprint density at radius 2 is 2.17 bits per heavy atom. The minimum Gasteiger partial charge on any atom is -0.318 e. The van der Waals surface area contributed by atoms with E-state index < -0.39 is 15.8 Å². The summed E-state index contributed by atoms with van der Waals surface area (Å²) in [6, 6.07) is 5.44. The molecular formula is C12H17FN2O2S. The summed E-state index contributed by atoms with van der Waals surface area (Å²) in [5.41, 5.74) is 0. The Bertz CT molecular complexity index is 519. The van der Waals surface area contributed by atoms with E-state index in [4.69, 9.17) is 0 Å². The maximum absolute atomic E-state index is 13.6. The molecule has 1 saturated heterocycles. The molecule has 6 heteroatoms. The van der Waals surface area contributed by atoms with Gasteiger partial charge in [0.1, 0.15) is 10.7 Å². The lowest BCUT2D eigenvalue weighted by atomic mass is 10.2. The highest BCUT2D eigenvalue weighted by Gasteiger charge is 2.35. The van der Waals surface area contributed by atoms with Gasteiger partial charge in [-0.3, -0.25) is 0 Å². The molecular weight excluding hydrogens is 255 g/mol. The molecule has 0 saturated carbocycles. The number of nitrogens with one attached hydrogen (secondary N) is 1. The molecule has 1 fully saturated rings. The minimum absolute atomic E-state index is 0.0837. The molecule has 4 nitrogen and oxygen atoms in total. The summed E-state index contributed by atoms with van der Waals surface area (Å²) in [5.74, 6) is -0.687. The molecule has 1 aliphatic heterocycles. The normalized spacial score (nSPS) is 21.3. The molecule has 1 heterocycles. The van der Waals surface area contributed by atoms with E-state index in [0.717, 1.165) is 12.8 Å². The van der Waals surface area contributed by atoms with E-state index in [1.165, 1.54) is 22.5 Å². The molecule has 2 rings (SSSR count). The predicted molar refractivity (Wildman–Crippen MR) is 67.2 cm³/mol. The number of nitrogens with zero attached hydrogens (tertiary/aromatic N) is 1. The van der Waals surface area contributed by atoms with Gasteiger partial charge >= 0.3 is 0 Å². The van der Waals surface area contributed by atoms with Crippen molar-refractivity contribution in [2.75, 3.05) is 20.1 Å². The van der Waals surface area contributed by atoms with E-state index in [1.807, 2.05) is 0 Å². The number of likely N-dealkylation sites (N-methyl/N-ethyl adjacent to an activating group) is 1. The van der Waals surface area contributed by atoms with Crippen LogP contribution in [0.25, 0.3) is 0 Å². The fraction of sp³-hybridized carbons (Fsp3) is 0.500. The third-order valence-electron chi connectivity index (χ3n) is 3.19. The van der Waals surface area contributed by atoms with Gasteiger partial charge in [-0.25, -0.2) is 12.8 Å². The minimum atomic E-state index is -3.72. The summed E-state index contributed by atoms with van der Waals surface area (Å²) in [4.78, 5) is -0.229. The molecule has 0 bridgehead atoms. The number of benzene rings is 1. The molecule has 0 aliphatic carbocycles. The number of hydrogen-bond donors (Lipinski definition) is 1. The lowest BCUT2D eigenvalue weighted by molar-refractivity contribution is 0.377. The van der Waals surface area contributed by atoms with Gasteiger partial charge in [0, 0.05) is 19.1 Å². The molecule has 0 amide bonds. The lowest BCUT2D eigenvalue weighted by Gasteiger charge is -2.24. The second-order valence-corrected chi connectivity index (χ2v) is 6.26. The third kappa shape index (κ3) is 2.41. The van der Waals surface area contributed by atoms with Crippen LogP contribution in [0.1, 0.15) is 12.8 Å². The van der Waals surface area contributed by atoms with Crippen LogP contribution in [0, 0.1) is 5.82 Å². The molecule has 1 aromatic carbocycles. The highest BCUT2D eigenvalue weighted by Crippen LogP contribution is 2.26. The summed E-state index contributed by atoms with van der Waals surface area (Å²) < 4.78 is 39.8. The maximum atomic E-state index is 13.6. The summed E-state index contributed by atoms with van der Waals surface area (Å²) in [5, 5.41) is 2.98. The Labute approximate surface area is 107 Å². The average Bonchev–Trinajstić information content (AvgIpc) is 2.79. The summed E-state index contributed by atoms with van der Waals surface area (Å²) in [6.07, 6.45) is 1.63. The van der Waals surface area contributed by atoms with Crippen molar-refractivity contribution in [2.24, 2.45) is 0 Å². The molecule has 0 radical (unpaired) electrons. The maximum Gasteiger partial charge on any atom is 0.246 e. The van der Waals surface area contributed by atoms with Gasteiger partial charge in [-0.05, 0) is 32.0 Å². The number of halogens is 1. The highest BCUT2D eigenvalue weighted by molar-refractivity contribution is 7.89. The van der Waals surface area contributed by atoms with Gasteiger partial charge in [0.25, 0.3) is 0 Å². The second kappa shape index (κ2) is 5.34. The van der Waals surface area contributed by atoms with Crippen molar-refractivity contribution in [3.8, 4) is 0 Å². The van der Waals surface area contributed by atoms with Gasteiger partial charge in [-0.1, -0.05) is 12.1 Å². The topological polar surface area (TPSA) is 49.4 Å². The van der Waals surface area contributed by atoms with Gasteiger partial charge < -0.3 is 5.32 Å². The average molecular weight is 272 g/mol. The molecule has 100 valence electrons. The zero-order valence-corrected chi connectivity index (χ0v) is 11.1. The summed E-state index contributed by atoms with van der Waals surface area (Å²) in [6.45, 7) is 1.05. The van der Waals surface area contributed by atoms with Crippen LogP contribution in [0.3, 0.4) is 0 Å². The van der Waals surface area contributed by atoms with Crippen molar-refractivity contribution < 1.29 is 12.8 Å². The zero-order valence-electron chi connectivity index (χ0n) is 10.3. The fourth-order valence-corrected chi connectivity index (χ4v) is 4.11. The van der Waals surface area contributed by atoms with Crippen LogP contribution in [0.15, 0.2) is 29.2 Å². The van der Waals surface area contributed by atoms with Gasteiger partial charge in [-0.15, -0.1) is 0 Å². The molecule has 1 aromatic rings. The second-order valence-electron chi connectivity index (χ2n) is 4.40. The Hall–Kier alpha value is -0.980. The molecule has 1 unspecified atom stereocenters. The first-order chi connectivity index (χ1) is 8.57. The van der Waals surface area contributed by atoms with Crippen LogP contribution in [0.5, 0.6) is 0 Å². The number of rotatable bonds is 4. The smallest absolute Gasteiger partial charge is 0.246 e. The quantitative estimate of drug-likeness (QED) is 0.896. The first-order valence-corrected chi connectivity index (χ1v) is 7.42. The van der Waals surface area contributed by atoms with E-state index in [1.54, 1.807) is 13.1 Å². The summed E-state index contributed by atoms with van der Waals surface area (Å²) in [7, 11) is -1.94. The highest BCUT2D eigenvalue weighted by atomic mass is 32.2. The van der Waals surface area contributed by atoms with Crippen molar-refractivity contribution >= 4 is 10.0 Å². The van der Waals surface area contributed by atoms with Crippen LogP contribution >= 0.6 is 0 Å². The number of sulfonamides is 1. The monoisotopic (exact) mass is 272 g/mol. The van der Waals surface area contributed by atoms with Gasteiger partial charge in [0.15, 0.2) is 0 Å². The van der Waals surface area contributed by atoms with E-state index in [0.29, 0.717) is 13.1 Å². The molecule has 18 heavy (non-hydrogen) atoms. The first-order valence-electron chi connectivity index (χ1n) is 5.98. The predicted octanol–water partition coefficient (Wildman–Crippen LogP) is 1.20. The van der Waals surface area contributed by atoms with E-state index in [9.17, 15) is 12.8 Å². The van der Waals surface area contributed by atoms with Crippen molar-refractivity contribution in [2.45, 2.75) is 23.8 Å². The Balaban J connectivity index is 2.34. The van der Waals surface area contributed by atoms with Crippen LogP contribution in [0.2, 0.25) is 0 Å². The third-order valence-corrected chi connectivity index (χ3v) is 5.17.